The molecule has 29 heavy (non-hydrogen) atoms. The predicted molar refractivity (Wildman–Crippen MR) is 107 cm³/mol. The van der Waals surface area contributed by atoms with E-state index in [-0.39, 0.29) is 29.6 Å². The van der Waals surface area contributed by atoms with Gasteiger partial charge in [-0.25, -0.2) is 14.6 Å². The van der Waals surface area contributed by atoms with Crippen molar-refractivity contribution in [2.75, 3.05) is 47.2 Å². The molecule has 1 saturated heterocycles. The molecule has 2 heterocycles. The minimum atomic E-state index is -0.642. The fourth-order valence-electron chi connectivity index (χ4n) is 2.54. The van der Waals surface area contributed by atoms with E-state index in [4.69, 9.17) is 9.47 Å². The highest BCUT2D eigenvalue weighted by molar-refractivity contribution is 8.18. The van der Waals surface area contributed by atoms with Crippen LogP contribution in [0, 0.1) is 0 Å². The fourth-order valence-corrected chi connectivity index (χ4v) is 3.49. The second-order valence-corrected chi connectivity index (χ2v) is 6.75. The molecule has 1 amide bonds. The molecule has 0 bridgehead atoms. The summed E-state index contributed by atoms with van der Waals surface area (Å²) in [6.07, 6.45) is 2.65. The molecule has 2 aliphatic heterocycles. The third kappa shape index (κ3) is 5.39. The van der Waals surface area contributed by atoms with Gasteiger partial charge in [0.15, 0.2) is 16.7 Å². The van der Waals surface area contributed by atoms with Crippen LogP contribution in [-0.4, -0.2) is 80.0 Å². The first-order chi connectivity index (χ1) is 14.0. The number of rotatable bonds is 9. The number of carbonyl (C=O) groups is 3. The number of hydrogen-bond acceptors (Lipinski definition) is 10. The molecule has 2 rings (SSSR count). The number of carbonyl (C=O) groups excluding carboxylic acids is 3. The number of nitrogens with zero attached hydrogens (tertiary/aromatic N) is 3. The molecular formula is C18H24N4O6S. The Morgan fingerprint density at radius 3 is 2.76 bits per heavy atom. The van der Waals surface area contributed by atoms with Gasteiger partial charge in [0, 0.05) is 26.3 Å². The Labute approximate surface area is 173 Å². The van der Waals surface area contributed by atoms with Crippen LogP contribution >= 0.6 is 11.8 Å². The van der Waals surface area contributed by atoms with E-state index in [1.165, 1.54) is 12.0 Å². The molecular weight excluding hydrogens is 400 g/mol. The average molecular weight is 424 g/mol. The van der Waals surface area contributed by atoms with E-state index in [9.17, 15) is 14.4 Å². The van der Waals surface area contributed by atoms with E-state index in [0.717, 1.165) is 17.8 Å². The predicted octanol–water partition coefficient (Wildman–Crippen LogP) is 0.402. The van der Waals surface area contributed by atoms with Gasteiger partial charge in [0.2, 0.25) is 0 Å². The first-order valence-electron chi connectivity index (χ1n) is 8.84. The summed E-state index contributed by atoms with van der Waals surface area (Å²) in [6.45, 7) is 6.99. The lowest BCUT2D eigenvalue weighted by molar-refractivity contribution is -0.140. The third-order valence-electron chi connectivity index (χ3n) is 3.87. The second-order valence-electron chi connectivity index (χ2n) is 5.74. The maximum absolute atomic E-state index is 12.6. The Morgan fingerprint density at radius 2 is 2.14 bits per heavy atom. The molecule has 0 saturated carbocycles. The van der Waals surface area contributed by atoms with Gasteiger partial charge in [0.1, 0.15) is 0 Å². The van der Waals surface area contributed by atoms with Gasteiger partial charge in [0.25, 0.3) is 5.91 Å². The van der Waals surface area contributed by atoms with E-state index in [1.807, 2.05) is 0 Å². The third-order valence-corrected chi connectivity index (χ3v) is 4.88. The highest BCUT2D eigenvalue weighted by Gasteiger charge is 2.35. The van der Waals surface area contributed by atoms with Gasteiger partial charge < -0.3 is 24.4 Å². The lowest BCUT2D eigenvalue weighted by Gasteiger charge is -2.18. The lowest BCUT2D eigenvalue weighted by Crippen LogP contribution is -2.30. The smallest absolute Gasteiger partial charge is 0.358 e. The number of esters is 2. The number of hydrogen-bond donors (Lipinski definition) is 1. The summed E-state index contributed by atoms with van der Waals surface area (Å²) >= 11 is 1.01. The van der Waals surface area contributed by atoms with Crippen molar-refractivity contribution in [3.8, 4) is 0 Å². The van der Waals surface area contributed by atoms with Gasteiger partial charge in [-0.1, -0.05) is 6.08 Å². The molecule has 0 unspecified atom stereocenters. The molecule has 2 aliphatic rings. The summed E-state index contributed by atoms with van der Waals surface area (Å²) in [4.78, 5) is 44.4. The standard InChI is InChI=1S/C18H24N4O6S/c1-5-7-22-16(24)12(10-13(23)27-4)29-18(22)20-15-14(17(25)28-6-2)21(11-19-15)8-9-26-3/h5,10,19H,1,6-9,11H2,2-4H3. The van der Waals surface area contributed by atoms with Crippen molar-refractivity contribution in [3.63, 3.8) is 0 Å². The first kappa shape index (κ1) is 22.5. The molecule has 158 valence electrons. The molecule has 1 N–H and O–H groups in total. The van der Waals surface area contributed by atoms with E-state index in [2.05, 4.69) is 21.6 Å². The van der Waals surface area contributed by atoms with Crippen LogP contribution in [0.15, 0.2) is 40.1 Å². The number of amidine groups is 1. The molecule has 0 radical (unpaired) electrons. The van der Waals surface area contributed by atoms with Crippen molar-refractivity contribution in [2.45, 2.75) is 6.92 Å². The monoisotopic (exact) mass is 424 g/mol. The van der Waals surface area contributed by atoms with Crippen LogP contribution in [0.5, 0.6) is 0 Å². The average Bonchev–Trinajstić information content (AvgIpc) is 3.23. The van der Waals surface area contributed by atoms with Crippen LogP contribution in [0.3, 0.4) is 0 Å². The van der Waals surface area contributed by atoms with Gasteiger partial charge in [0.05, 0.1) is 31.9 Å². The fraction of sp³-hybridized carbons (Fsp3) is 0.444. The molecule has 0 aromatic rings. The Morgan fingerprint density at radius 1 is 1.38 bits per heavy atom. The summed E-state index contributed by atoms with van der Waals surface area (Å²) < 4.78 is 14.8. The van der Waals surface area contributed by atoms with Crippen molar-refractivity contribution in [1.29, 1.82) is 0 Å². The lowest BCUT2D eigenvalue weighted by atomic mass is 10.4. The summed E-state index contributed by atoms with van der Waals surface area (Å²) in [5.74, 6) is -1.28. The number of amides is 1. The van der Waals surface area contributed by atoms with E-state index < -0.39 is 17.8 Å². The zero-order chi connectivity index (χ0) is 21.4. The van der Waals surface area contributed by atoms with E-state index in [0.29, 0.717) is 25.0 Å². The van der Waals surface area contributed by atoms with Crippen LogP contribution in [-0.2, 0) is 28.6 Å². The van der Waals surface area contributed by atoms with E-state index >= 15 is 0 Å². The normalized spacial score (nSPS) is 19.2. The van der Waals surface area contributed by atoms with Crippen molar-refractivity contribution < 1.29 is 28.6 Å². The SMILES string of the molecule is C=CCN1C(=O)C(=CC(=O)OC)SC1=NC1=C(C(=O)OCC)N(CCOC)CN1. The molecule has 11 heteroatoms. The minimum absolute atomic E-state index is 0.171. The van der Waals surface area contributed by atoms with Crippen molar-refractivity contribution in [3.05, 3.63) is 35.2 Å². The highest BCUT2D eigenvalue weighted by atomic mass is 32.2. The van der Waals surface area contributed by atoms with Crippen molar-refractivity contribution in [2.24, 2.45) is 4.99 Å². The van der Waals surface area contributed by atoms with Gasteiger partial charge >= 0.3 is 11.9 Å². The van der Waals surface area contributed by atoms with Crippen molar-refractivity contribution in [1.82, 2.24) is 15.1 Å². The highest BCUT2D eigenvalue weighted by Crippen LogP contribution is 2.32. The Kier molecular flexibility index (Phi) is 8.28. The van der Waals surface area contributed by atoms with Crippen LogP contribution in [0.2, 0.25) is 0 Å². The van der Waals surface area contributed by atoms with Crippen LogP contribution in [0.4, 0.5) is 0 Å². The van der Waals surface area contributed by atoms with Gasteiger partial charge in [-0.15, -0.1) is 6.58 Å². The number of nitrogens with one attached hydrogen (secondary N) is 1. The van der Waals surface area contributed by atoms with Gasteiger partial charge in [-0.3, -0.25) is 9.69 Å². The summed E-state index contributed by atoms with van der Waals surface area (Å²) in [7, 11) is 2.80. The second kappa shape index (κ2) is 10.7. The Bertz CT molecular complexity index is 776. The Balaban J connectivity index is 2.42. The van der Waals surface area contributed by atoms with Gasteiger partial charge in [-0.2, -0.15) is 0 Å². The van der Waals surface area contributed by atoms with Crippen LogP contribution < -0.4 is 5.32 Å². The Hall–Kier alpha value is -2.79. The topological polar surface area (TPSA) is 110 Å². The maximum atomic E-state index is 12.6. The van der Waals surface area contributed by atoms with E-state index in [1.54, 1.807) is 25.0 Å². The molecule has 1 fully saturated rings. The maximum Gasteiger partial charge on any atom is 0.358 e. The molecule has 0 aromatic carbocycles. The zero-order valence-corrected chi connectivity index (χ0v) is 17.4. The quantitative estimate of drug-likeness (QED) is 0.319. The van der Waals surface area contributed by atoms with Crippen LogP contribution in [0.25, 0.3) is 0 Å². The number of methoxy groups -OCH3 is 2. The molecule has 0 spiro atoms. The molecule has 0 atom stereocenters. The zero-order valence-electron chi connectivity index (χ0n) is 16.6. The summed E-state index contributed by atoms with van der Waals surface area (Å²) in [6, 6.07) is 0. The molecule has 0 aliphatic carbocycles. The summed E-state index contributed by atoms with van der Waals surface area (Å²) in [5.41, 5.74) is 0.258. The minimum Gasteiger partial charge on any atom is -0.466 e. The van der Waals surface area contributed by atoms with Gasteiger partial charge in [-0.05, 0) is 18.7 Å². The number of aliphatic imine (C=N–C) groups is 1. The van der Waals surface area contributed by atoms with Crippen molar-refractivity contribution >= 4 is 34.8 Å². The summed E-state index contributed by atoms with van der Waals surface area (Å²) in [5, 5.41) is 3.36. The number of ether oxygens (including phenoxy) is 3. The number of thioether (sulfide) groups is 1. The molecule has 10 nitrogen and oxygen atoms in total. The van der Waals surface area contributed by atoms with Crippen LogP contribution in [0.1, 0.15) is 6.92 Å². The first-order valence-corrected chi connectivity index (χ1v) is 9.66. The molecule has 0 aromatic heterocycles. The largest absolute Gasteiger partial charge is 0.466 e.